The number of carbonyl (C=O) groups excluding carboxylic acids is 1. The Labute approximate surface area is 92.9 Å². The van der Waals surface area contributed by atoms with Crippen LogP contribution in [-0.2, 0) is 4.79 Å². The third-order valence-corrected chi connectivity index (χ3v) is 3.29. The molecule has 0 bridgehead atoms. The lowest BCUT2D eigenvalue weighted by Crippen LogP contribution is -2.42. The highest BCUT2D eigenvalue weighted by Crippen LogP contribution is 2.24. The summed E-state index contributed by atoms with van der Waals surface area (Å²) in [7, 11) is 3.66. The quantitative estimate of drug-likeness (QED) is 0.633. The summed E-state index contributed by atoms with van der Waals surface area (Å²) in [6, 6.07) is 3.91. The van der Waals surface area contributed by atoms with E-state index < -0.39 is 0 Å². The van der Waals surface area contributed by atoms with E-state index in [1.165, 1.54) is 0 Å². The third-order valence-electron chi connectivity index (χ3n) is 3.29. The van der Waals surface area contributed by atoms with Crippen molar-refractivity contribution in [3.63, 3.8) is 0 Å². The lowest BCUT2D eigenvalue weighted by Gasteiger charge is -2.06. The van der Waals surface area contributed by atoms with E-state index in [1.54, 1.807) is 7.11 Å². The molecule has 0 atom stereocenters. The van der Waals surface area contributed by atoms with Crippen LogP contribution < -0.4 is 25.2 Å². The number of rotatable bonds is 1. The first-order valence-corrected chi connectivity index (χ1v) is 5.32. The Morgan fingerprint density at radius 3 is 3.00 bits per heavy atom. The minimum absolute atomic E-state index is 0.0221. The molecule has 3 rings (SSSR count). The van der Waals surface area contributed by atoms with Gasteiger partial charge in [-0.15, -0.1) is 0 Å². The lowest BCUT2D eigenvalue weighted by molar-refractivity contribution is -0.111. The summed E-state index contributed by atoms with van der Waals surface area (Å²) in [6.45, 7) is 0.890. The zero-order valence-electron chi connectivity index (χ0n) is 9.33. The average Bonchev–Trinajstić information content (AvgIpc) is 2.62. The minimum atomic E-state index is 0.0221. The molecule has 0 radical (unpaired) electrons. The molecule has 0 spiro atoms. The molecule has 2 aliphatic heterocycles. The Morgan fingerprint density at radius 2 is 2.25 bits per heavy atom. The van der Waals surface area contributed by atoms with Gasteiger partial charge in [-0.05, 0) is 6.07 Å². The predicted molar refractivity (Wildman–Crippen MR) is 60.9 cm³/mol. The molecule has 16 heavy (non-hydrogen) atoms. The second kappa shape index (κ2) is 3.07. The van der Waals surface area contributed by atoms with Crippen LogP contribution in [0.15, 0.2) is 12.1 Å². The molecule has 2 heterocycles. The third kappa shape index (κ3) is 1.04. The number of hydrogen-bond acceptors (Lipinski definition) is 2. The van der Waals surface area contributed by atoms with Gasteiger partial charge in [-0.1, -0.05) is 0 Å². The topological polar surface area (TPSA) is 41.3 Å². The van der Waals surface area contributed by atoms with Crippen molar-refractivity contribution in [2.45, 2.75) is 6.42 Å². The van der Waals surface area contributed by atoms with Crippen LogP contribution in [0.25, 0.3) is 5.57 Å². The lowest BCUT2D eigenvalue weighted by atomic mass is 10.1. The van der Waals surface area contributed by atoms with E-state index in [9.17, 15) is 4.79 Å². The zero-order chi connectivity index (χ0) is 11.3. The van der Waals surface area contributed by atoms with Gasteiger partial charge in [-0.2, -0.15) is 0 Å². The van der Waals surface area contributed by atoms with E-state index in [1.807, 2.05) is 19.2 Å². The molecule has 1 amide bonds. The van der Waals surface area contributed by atoms with Crippen LogP contribution in [0, 0.1) is 0 Å². The molecule has 2 aliphatic rings. The van der Waals surface area contributed by atoms with Crippen molar-refractivity contribution in [1.29, 1.82) is 0 Å². The summed E-state index contributed by atoms with van der Waals surface area (Å²) >= 11 is 0. The second-order valence-corrected chi connectivity index (χ2v) is 4.14. The van der Waals surface area contributed by atoms with Gasteiger partial charge in [0.25, 0.3) is 5.91 Å². The van der Waals surface area contributed by atoms with Crippen LogP contribution in [0.1, 0.15) is 6.42 Å². The minimum Gasteiger partial charge on any atom is -0.495 e. The van der Waals surface area contributed by atoms with Crippen LogP contribution in [-0.4, -0.2) is 26.6 Å². The van der Waals surface area contributed by atoms with Gasteiger partial charge in [0.05, 0.1) is 18.0 Å². The molecular weight excluding hydrogens is 204 g/mol. The van der Waals surface area contributed by atoms with Gasteiger partial charge in [0.1, 0.15) is 19.3 Å². The zero-order valence-corrected chi connectivity index (χ0v) is 9.33. The molecule has 4 nitrogen and oxygen atoms in total. The number of amides is 1. The van der Waals surface area contributed by atoms with Crippen LogP contribution in [0.2, 0.25) is 0 Å². The van der Waals surface area contributed by atoms with Crippen molar-refractivity contribution in [1.82, 2.24) is 4.58 Å². The fourth-order valence-corrected chi connectivity index (χ4v) is 2.43. The highest BCUT2D eigenvalue weighted by Gasteiger charge is 2.29. The Hall–Kier alpha value is -1.84. The molecule has 0 fully saturated rings. The molecule has 0 aliphatic carbocycles. The molecule has 0 saturated heterocycles. The van der Waals surface area contributed by atoms with E-state index in [0.717, 1.165) is 40.6 Å². The van der Waals surface area contributed by atoms with Crippen molar-refractivity contribution in [2.75, 3.05) is 26.0 Å². The number of nitrogens with zero attached hydrogens (tertiary/aromatic N) is 1. The summed E-state index contributed by atoms with van der Waals surface area (Å²) in [4.78, 5) is 11.8. The SMILES string of the molecule is COc1ccc2c3c1NC(=O)C=3CC[N+]=2C. The molecule has 82 valence electrons. The molecule has 0 aromatic heterocycles. The molecule has 1 N–H and O–H groups in total. The molecule has 0 unspecified atom stereocenters. The molecular formula is C12H13N2O2+. The Kier molecular flexibility index (Phi) is 1.80. The molecule has 1 aromatic rings. The van der Waals surface area contributed by atoms with Crippen LogP contribution >= 0.6 is 0 Å². The van der Waals surface area contributed by atoms with Crippen molar-refractivity contribution >= 4 is 17.2 Å². The van der Waals surface area contributed by atoms with Gasteiger partial charge in [-0.25, -0.2) is 4.58 Å². The van der Waals surface area contributed by atoms with Crippen molar-refractivity contribution in [3.05, 3.63) is 22.7 Å². The van der Waals surface area contributed by atoms with Gasteiger partial charge < -0.3 is 10.1 Å². The van der Waals surface area contributed by atoms with E-state index in [-0.39, 0.29) is 5.91 Å². The number of anilines is 1. The Bertz CT molecular complexity index is 617. The first-order valence-electron chi connectivity index (χ1n) is 5.32. The summed E-state index contributed by atoms with van der Waals surface area (Å²) in [5, 5.41) is 5.02. The van der Waals surface area contributed by atoms with Gasteiger partial charge in [0, 0.05) is 18.1 Å². The number of methoxy groups -OCH3 is 1. The van der Waals surface area contributed by atoms with E-state index in [0.29, 0.717) is 0 Å². The summed E-state index contributed by atoms with van der Waals surface area (Å²) in [5.74, 6) is 0.756. The Morgan fingerprint density at radius 1 is 1.44 bits per heavy atom. The van der Waals surface area contributed by atoms with E-state index in [4.69, 9.17) is 4.74 Å². The highest BCUT2D eigenvalue weighted by molar-refractivity contribution is 6.24. The first-order chi connectivity index (χ1) is 7.72. The maximum absolute atomic E-state index is 11.8. The number of ether oxygens (including phenoxy) is 1. The predicted octanol–water partition coefficient (Wildman–Crippen LogP) is -0.677. The maximum atomic E-state index is 11.8. The van der Waals surface area contributed by atoms with Crippen molar-refractivity contribution in [3.8, 4) is 5.75 Å². The average molecular weight is 217 g/mol. The summed E-state index contributed by atoms with van der Waals surface area (Å²) in [6.07, 6.45) is 0.801. The van der Waals surface area contributed by atoms with Crippen LogP contribution in [0.4, 0.5) is 5.69 Å². The van der Waals surface area contributed by atoms with Gasteiger partial charge >= 0.3 is 0 Å². The normalized spacial score (nSPS) is 17.2. The molecule has 4 heteroatoms. The fourth-order valence-electron chi connectivity index (χ4n) is 2.43. The van der Waals surface area contributed by atoms with Gasteiger partial charge in [-0.3, -0.25) is 4.79 Å². The first kappa shape index (κ1) is 9.39. The van der Waals surface area contributed by atoms with Crippen molar-refractivity contribution in [2.24, 2.45) is 0 Å². The second-order valence-electron chi connectivity index (χ2n) is 4.14. The van der Waals surface area contributed by atoms with Gasteiger partial charge in [0.15, 0.2) is 0 Å². The number of hydrogen-bond donors (Lipinski definition) is 1. The summed E-state index contributed by atoms with van der Waals surface area (Å²) in [5.41, 5.74) is 1.72. The largest absolute Gasteiger partial charge is 0.495 e. The monoisotopic (exact) mass is 217 g/mol. The Balaban J connectivity index is 2.51. The molecule has 0 saturated carbocycles. The van der Waals surface area contributed by atoms with Crippen molar-refractivity contribution < 1.29 is 9.53 Å². The number of nitrogens with one attached hydrogen (secondary N) is 1. The van der Waals surface area contributed by atoms with Gasteiger partial charge in [0.2, 0.25) is 5.36 Å². The standard InChI is InChI=1S/C12H12N2O2/c1-14-6-5-7-10-8(14)3-4-9(16-2)11(10)13-12(7)15/h3-4H,5-6H2,1-2H3/p+1. The van der Waals surface area contributed by atoms with E-state index >= 15 is 0 Å². The highest BCUT2D eigenvalue weighted by atomic mass is 16.5. The number of benzene rings is 1. The van der Waals surface area contributed by atoms with Crippen LogP contribution in [0.5, 0.6) is 5.75 Å². The van der Waals surface area contributed by atoms with E-state index in [2.05, 4.69) is 9.89 Å². The molecule has 1 aromatic carbocycles. The maximum Gasteiger partial charge on any atom is 0.252 e. The summed E-state index contributed by atoms with van der Waals surface area (Å²) < 4.78 is 7.43. The number of carbonyl (C=O) groups is 1. The fraction of sp³-hybridized carbons (Fsp3) is 0.333. The smallest absolute Gasteiger partial charge is 0.252 e. The van der Waals surface area contributed by atoms with Crippen LogP contribution in [0.3, 0.4) is 0 Å².